The van der Waals surface area contributed by atoms with Crippen molar-refractivity contribution in [3.05, 3.63) is 88.7 Å². The molecule has 130 valence electrons. The molecule has 0 fully saturated rings. The summed E-state index contributed by atoms with van der Waals surface area (Å²) in [5, 5.41) is 4.48. The van der Waals surface area contributed by atoms with Gasteiger partial charge in [0.05, 0.1) is 19.3 Å². The van der Waals surface area contributed by atoms with Crippen molar-refractivity contribution in [3.63, 3.8) is 0 Å². The van der Waals surface area contributed by atoms with Gasteiger partial charge in [-0.1, -0.05) is 24.3 Å². The summed E-state index contributed by atoms with van der Waals surface area (Å²) in [6, 6.07) is 15.5. The summed E-state index contributed by atoms with van der Waals surface area (Å²) in [7, 11) is 1.60. The molecule has 0 aliphatic heterocycles. The SMILES string of the molecule is COc1ccccc1-c1cc2c(=O)n(Cc3cccc(F)c3)ccn2n1. The quantitative estimate of drug-likeness (QED) is 0.568. The smallest absolute Gasteiger partial charge is 0.276 e. The molecule has 0 spiro atoms. The molecule has 2 heterocycles. The minimum atomic E-state index is -0.320. The highest BCUT2D eigenvalue weighted by Gasteiger charge is 2.12. The van der Waals surface area contributed by atoms with Crippen molar-refractivity contribution in [2.45, 2.75) is 6.54 Å². The first-order valence-corrected chi connectivity index (χ1v) is 8.12. The average molecular weight is 349 g/mol. The lowest BCUT2D eigenvalue weighted by Gasteiger charge is -2.06. The fraction of sp³-hybridized carbons (Fsp3) is 0.100. The summed E-state index contributed by atoms with van der Waals surface area (Å²) < 4.78 is 21.8. The summed E-state index contributed by atoms with van der Waals surface area (Å²) in [4.78, 5) is 12.8. The summed E-state index contributed by atoms with van der Waals surface area (Å²) >= 11 is 0. The van der Waals surface area contributed by atoms with E-state index in [2.05, 4.69) is 5.10 Å². The molecule has 4 aromatic rings. The van der Waals surface area contributed by atoms with Gasteiger partial charge in [0.1, 0.15) is 17.1 Å². The number of aromatic nitrogens is 3. The molecule has 0 saturated heterocycles. The van der Waals surface area contributed by atoms with Crippen LogP contribution in [0, 0.1) is 5.82 Å². The zero-order valence-electron chi connectivity index (χ0n) is 14.1. The van der Waals surface area contributed by atoms with Gasteiger partial charge in [-0.15, -0.1) is 0 Å². The molecule has 2 aromatic heterocycles. The molecule has 0 aliphatic rings. The van der Waals surface area contributed by atoms with Gasteiger partial charge in [-0.05, 0) is 35.9 Å². The number of hydrogen-bond acceptors (Lipinski definition) is 3. The van der Waals surface area contributed by atoms with Crippen molar-refractivity contribution in [2.75, 3.05) is 7.11 Å². The van der Waals surface area contributed by atoms with Crippen LogP contribution >= 0.6 is 0 Å². The lowest BCUT2D eigenvalue weighted by Crippen LogP contribution is -2.21. The van der Waals surface area contributed by atoms with Gasteiger partial charge in [-0.25, -0.2) is 8.91 Å². The monoisotopic (exact) mass is 349 g/mol. The number of fused-ring (bicyclic) bond motifs is 1. The van der Waals surface area contributed by atoms with E-state index in [0.717, 1.165) is 11.1 Å². The van der Waals surface area contributed by atoms with Crippen molar-refractivity contribution in [3.8, 4) is 17.0 Å². The molecule has 0 atom stereocenters. The molecule has 26 heavy (non-hydrogen) atoms. The van der Waals surface area contributed by atoms with E-state index >= 15 is 0 Å². The highest BCUT2D eigenvalue weighted by Crippen LogP contribution is 2.28. The molecule has 4 rings (SSSR count). The highest BCUT2D eigenvalue weighted by molar-refractivity contribution is 5.71. The number of halogens is 1. The van der Waals surface area contributed by atoms with Crippen molar-refractivity contribution < 1.29 is 9.13 Å². The van der Waals surface area contributed by atoms with Crippen LogP contribution in [-0.4, -0.2) is 21.3 Å². The fourth-order valence-corrected chi connectivity index (χ4v) is 2.97. The number of benzene rings is 2. The zero-order valence-corrected chi connectivity index (χ0v) is 14.1. The maximum absolute atomic E-state index is 13.4. The first kappa shape index (κ1) is 16.1. The third-order valence-corrected chi connectivity index (χ3v) is 4.23. The Hall–Kier alpha value is -3.41. The van der Waals surface area contributed by atoms with Gasteiger partial charge in [-0.2, -0.15) is 5.10 Å². The van der Waals surface area contributed by atoms with Crippen LogP contribution < -0.4 is 10.3 Å². The minimum Gasteiger partial charge on any atom is -0.496 e. The van der Waals surface area contributed by atoms with Gasteiger partial charge in [0.15, 0.2) is 0 Å². The molecule has 0 radical (unpaired) electrons. The molecule has 0 unspecified atom stereocenters. The van der Waals surface area contributed by atoms with Gasteiger partial charge in [0.25, 0.3) is 5.56 Å². The standard InChI is InChI=1S/C20H16FN3O2/c1-26-19-8-3-2-7-16(19)17-12-18-20(25)23(9-10-24(18)22-17)13-14-5-4-6-15(21)11-14/h2-12H,13H2,1H3. The van der Waals surface area contributed by atoms with Gasteiger partial charge < -0.3 is 9.30 Å². The van der Waals surface area contributed by atoms with Gasteiger partial charge in [-0.3, -0.25) is 4.79 Å². The van der Waals surface area contributed by atoms with E-state index in [9.17, 15) is 9.18 Å². The fourth-order valence-electron chi connectivity index (χ4n) is 2.97. The first-order valence-electron chi connectivity index (χ1n) is 8.12. The molecule has 5 nitrogen and oxygen atoms in total. The van der Waals surface area contributed by atoms with Crippen LogP contribution in [0.15, 0.2) is 71.8 Å². The summed E-state index contributed by atoms with van der Waals surface area (Å²) in [6.07, 6.45) is 3.37. The average Bonchev–Trinajstić information content (AvgIpc) is 3.09. The molecule has 6 heteroatoms. The van der Waals surface area contributed by atoms with Gasteiger partial charge in [0.2, 0.25) is 0 Å². The number of nitrogens with zero attached hydrogens (tertiary/aromatic N) is 3. The van der Waals surface area contributed by atoms with Crippen LogP contribution in [0.2, 0.25) is 0 Å². The van der Waals surface area contributed by atoms with Crippen LogP contribution in [0.3, 0.4) is 0 Å². The van der Waals surface area contributed by atoms with Gasteiger partial charge in [0, 0.05) is 18.0 Å². The predicted octanol–water partition coefficient (Wildman–Crippen LogP) is 3.36. The molecular weight excluding hydrogens is 333 g/mol. The Labute approximate surface area is 148 Å². The molecule has 0 saturated carbocycles. The van der Waals surface area contributed by atoms with Crippen molar-refractivity contribution in [2.24, 2.45) is 0 Å². The molecule has 0 amide bonds. The Morgan fingerprint density at radius 1 is 1.08 bits per heavy atom. The molecule has 0 aliphatic carbocycles. The third kappa shape index (κ3) is 2.86. The summed E-state index contributed by atoms with van der Waals surface area (Å²) in [5.41, 5.74) is 2.45. The number of methoxy groups -OCH3 is 1. The van der Waals surface area contributed by atoms with Crippen LogP contribution in [-0.2, 0) is 6.54 Å². The Morgan fingerprint density at radius 2 is 1.92 bits per heavy atom. The van der Waals surface area contributed by atoms with E-state index in [0.29, 0.717) is 23.5 Å². The molecular formula is C20H16FN3O2. The summed E-state index contributed by atoms with van der Waals surface area (Å²) in [5.74, 6) is 0.371. The van der Waals surface area contributed by atoms with Gasteiger partial charge >= 0.3 is 0 Å². The van der Waals surface area contributed by atoms with E-state index in [4.69, 9.17) is 4.74 Å². The van der Waals surface area contributed by atoms with Crippen molar-refractivity contribution in [1.82, 2.24) is 14.2 Å². The lowest BCUT2D eigenvalue weighted by molar-refractivity contribution is 0.416. The maximum atomic E-state index is 13.4. The van der Waals surface area contributed by atoms with Crippen LogP contribution in [0.25, 0.3) is 16.8 Å². The summed E-state index contributed by atoms with van der Waals surface area (Å²) in [6.45, 7) is 0.294. The topological polar surface area (TPSA) is 48.5 Å². The van der Waals surface area contributed by atoms with Crippen molar-refractivity contribution in [1.29, 1.82) is 0 Å². The van der Waals surface area contributed by atoms with E-state index < -0.39 is 0 Å². The van der Waals surface area contributed by atoms with Crippen LogP contribution in [0.5, 0.6) is 5.75 Å². The second kappa shape index (κ2) is 6.48. The first-order chi connectivity index (χ1) is 12.7. The van der Waals surface area contributed by atoms with E-state index in [1.807, 2.05) is 24.3 Å². The third-order valence-electron chi connectivity index (χ3n) is 4.23. The molecule has 2 aromatic carbocycles. The second-order valence-corrected chi connectivity index (χ2v) is 5.92. The Bertz CT molecular complexity index is 1150. The number of ether oxygens (including phenoxy) is 1. The highest BCUT2D eigenvalue weighted by atomic mass is 19.1. The molecule has 0 bridgehead atoms. The van der Waals surface area contributed by atoms with Crippen LogP contribution in [0.1, 0.15) is 5.56 Å². The van der Waals surface area contributed by atoms with Crippen LogP contribution in [0.4, 0.5) is 4.39 Å². The maximum Gasteiger partial charge on any atom is 0.276 e. The lowest BCUT2D eigenvalue weighted by atomic mass is 10.1. The number of hydrogen-bond donors (Lipinski definition) is 0. The Kier molecular flexibility index (Phi) is 4.01. The van der Waals surface area contributed by atoms with E-state index in [-0.39, 0.29) is 11.4 Å². The van der Waals surface area contributed by atoms with E-state index in [1.165, 1.54) is 16.7 Å². The predicted molar refractivity (Wildman–Crippen MR) is 96.9 cm³/mol. The number of para-hydroxylation sites is 1. The normalized spacial score (nSPS) is 11.0. The van der Waals surface area contributed by atoms with E-state index in [1.54, 1.807) is 42.2 Å². The number of rotatable bonds is 4. The minimum absolute atomic E-state index is 0.189. The second-order valence-electron chi connectivity index (χ2n) is 5.92. The Balaban J connectivity index is 1.78. The zero-order chi connectivity index (χ0) is 18.1. The largest absolute Gasteiger partial charge is 0.496 e. The van der Waals surface area contributed by atoms with Crippen molar-refractivity contribution >= 4 is 5.52 Å². The Morgan fingerprint density at radius 3 is 2.73 bits per heavy atom. The molecule has 0 N–H and O–H groups in total.